The Hall–Kier alpha value is -2.14. The first-order valence-electron chi connectivity index (χ1n) is 7.76. The van der Waals surface area contributed by atoms with Crippen LogP contribution in [0.4, 0.5) is 0 Å². The van der Waals surface area contributed by atoms with Gasteiger partial charge in [-0.3, -0.25) is 14.5 Å². The van der Waals surface area contributed by atoms with Crippen LogP contribution in [0.15, 0.2) is 30.8 Å². The Bertz CT molecular complexity index is 600. The van der Waals surface area contributed by atoms with E-state index in [9.17, 15) is 14.7 Å². The van der Waals surface area contributed by atoms with Crippen LogP contribution in [0.3, 0.4) is 0 Å². The van der Waals surface area contributed by atoms with Crippen molar-refractivity contribution >= 4 is 17.5 Å². The van der Waals surface area contributed by atoms with Gasteiger partial charge in [0.1, 0.15) is 6.54 Å². The maximum atomic E-state index is 12.3. The summed E-state index contributed by atoms with van der Waals surface area (Å²) in [7, 11) is 0. The van der Waals surface area contributed by atoms with Gasteiger partial charge in [0.05, 0.1) is 6.10 Å². The summed E-state index contributed by atoms with van der Waals surface area (Å²) in [5, 5.41) is 12.3. The minimum atomic E-state index is -0.420. The monoisotopic (exact) mass is 316 g/mol. The minimum absolute atomic E-state index is 0.0445. The van der Waals surface area contributed by atoms with Crippen LogP contribution in [0.1, 0.15) is 43.1 Å². The van der Waals surface area contributed by atoms with E-state index in [1.807, 2.05) is 26.0 Å². The van der Waals surface area contributed by atoms with E-state index < -0.39 is 6.10 Å². The van der Waals surface area contributed by atoms with Crippen molar-refractivity contribution in [3.8, 4) is 0 Å². The summed E-state index contributed by atoms with van der Waals surface area (Å²) in [6.45, 7) is 10.0. The van der Waals surface area contributed by atoms with Crippen LogP contribution in [-0.2, 0) is 4.79 Å². The van der Waals surface area contributed by atoms with Gasteiger partial charge in [-0.2, -0.15) is 0 Å². The fourth-order valence-corrected chi connectivity index (χ4v) is 2.91. The molecule has 0 aromatic heterocycles. The Kier molecular flexibility index (Phi) is 4.90. The highest BCUT2D eigenvalue weighted by Crippen LogP contribution is 2.30. The van der Waals surface area contributed by atoms with Gasteiger partial charge >= 0.3 is 0 Å². The highest BCUT2D eigenvalue weighted by Gasteiger charge is 2.32. The van der Waals surface area contributed by atoms with Crippen molar-refractivity contribution in [2.75, 3.05) is 13.1 Å². The topological polar surface area (TPSA) is 69.6 Å². The molecule has 1 aliphatic rings. The van der Waals surface area contributed by atoms with E-state index in [1.165, 1.54) is 4.90 Å². The van der Waals surface area contributed by atoms with Crippen LogP contribution in [0.2, 0.25) is 0 Å². The van der Waals surface area contributed by atoms with Crippen molar-refractivity contribution in [2.45, 2.75) is 33.3 Å². The molecule has 0 aliphatic carbocycles. The van der Waals surface area contributed by atoms with Gasteiger partial charge in [0.15, 0.2) is 0 Å². The fraction of sp³-hybridized carbons (Fsp3) is 0.444. The summed E-state index contributed by atoms with van der Waals surface area (Å²) >= 11 is 0. The van der Waals surface area contributed by atoms with Gasteiger partial charge in [-0.05, 0) is 24.8 Å². The second-order valence-electron chi connectivity index (χ2n) is 6.88. The largest absolute Gasteiger partial charge is 0.393 e. The van der Waals surface area contributed by atoms with Crippen LogP contribution in [-0.4, -0.2) is 41.0 Å². The molecule has 0 fully saturated rings. The zero-order valence-electron chi connectivity index (χ0n) is 13.9. The van der Waals surface area contributed by atoms with Crippen molar-refractivity contribution in [3.05, 3.63) is 42.0 Å². The molecule has 1 unspecified atom stereocenters. The molecule has 0 bridgehead atoms. The number of rotatable bonds is 6. The lowest BCUT2D eigenvalue weighted by Crippen LogP contribution is -2.41. The van der Waals surface area contributed by atoms with Gasteiger partial charge in [-0.1, -0.05) is 38.6 Å². The van der Waals surface area contributed by atoms with E-state index >= 15 is 0 Å². The number of nitrogens with one attached hydrogen (secondary N) is 1. The summed E-state index contributed by atoms with van der Waals surface area (Å²) in [6, 6.07) is 7.22. The quantitative estimate of drug-likeness (QED) is 0.843. The van der Waals surface area contributed by atoms with E-state index in [0.717, 1.165) is 5.56 Å². The molecular weight excluding hydrogens is 292 g/mol. The van der Waals surface area contributed by atoms with E-state index in [1.54, 1.807) is 19.1 Å². The van der Waals surface area contributed by atoms with Crippen molar-refractivity contribution in [1.82, 2.24) is 10.2 Å². The molecule has 1 atom stereocenters. The van der Waals surface area contributed by atoms with Crippen LogP contribution >= 0.6 is 0 Å². The second kappa shape index (κ2) is 6.54. The highest BCUT2D eigenvalue weighted by atomic mass is 16.3. The van der Waals surface area contributed by atoms with Crippen molar-refractivity contribution < 1.29 is 14.7 Å². The maximum absolute atomic E-state index is 12.3. The fourth-order valence-electron chi connectivity index (χ4n) is 2.91. The summed E-state index contributed by atoms with van der Waals surface area (Å²) in [6.07, 6.45) is 0.171. The zero-order valence-corrected chi connectivity index (χ0v) is 13.9. The molecule has 0 spiro atoms. The summed E-state index contributed by atoms with van der Waals surface area (Å²) in [5.41, 5.74) is 1.71. The number of aliphatic hydroxyl groups is 1. The SMILES string of the molecule is C=C1c2ccccc2C(=O)N1CC(=O)NCC(C)(C)CC(C)O. The van der Waals surface area contributed by atoms with E-state index in [-0.39, 0.29) is 23.8 Å². The number of benzene rings is 1. The van der Waals surface area contributed by atoms with Gasteiger partial charge < -0.3 is 10.4 Å². The normalized spacial score (nSPS) is 15.6. The Morgan fingerprint density at radius 2 is 1.96 bits per heavy atom. The number of hydrogen-bond acceptors (Lipinski definition) is 3. The first kappa shape index (κ1) is 17.2. The highest BCUT2D eigenvalue weighted by molar-refractivity contribution is 6.10. The Labute approximate surface area is 137 Å². The summed E-state index contributed by atoms with van der Waals surface area (Å²) in [4.78, 5) is 25.9. The van der Waals surface area contributed by atoms with Gasteiger partial charge in [0.25, 0.3) is 5.91 Å². The van der Waals surface area contributed by atoms with Gasteiger partial charge in [-0.15, -0.1) is 0 Å². The van der Waals surface area contributed by atoms with Gasteiger partial charge in [0.2, 0.25) is 5.91 Å². The molecule has 2 amide bonds. The molecule has 1 aromatic carbocycles. The van der Waals surface area contributed by atoms with Crippen molar-refractivity contribution in [1.29, 1.82) is 0 Å². The molecule has 5 heteroatoms. The second-order valence-corrected chi connectivity index (χ2v) is 6.88. The molecule has 0 saturated heterocycles. The molecule has 23 heavy (non-hydrogen) atoms. The van der Waals surface area contributed by atoms with E-state index in [0.29, 0.717) is 24.2 Å². The van der Waals surface area contributed by atoms with Crippen LogP contribution in [0.25, 0.3) is 5.70 Å². The van der Waals surface area contributed by atoms with Crippen molar-refractivity contribution in [3.63, 3.8) is 0 Å². The molecule has 1 aromatic rings. The number of nitrogens with zero attached hydrogens (tertiary/aromatic N) is 1. The third-order valence-corrected chi connectivity index (χ3v) is 3.95. The van der Waals surface area contributed by atoms with Crippen LogP contribution < -0.4 is 5.32 Å². The molecule has 0 radical (unpaired) electrons. The minimum Gasteiger partial charge on any atom is -0.393 e. The molecule has 124 valence electrons. The van der Waals surface area contributed by atoms with Gasteiger partial charge in [0, 0.05) is 23.4 Å². The Balaban J connectivity index is 1.95. The Morgan fingerprint density at radius 3 is 2.52 bits per heavy atom. The van der Waals surface area contributed by atoms with E-state index in [4.69, 9.17) is 0 Å². The maximum Gasteiger partial charge on any atom is 0.259 e. The van der Waals surface area contributed by atoms with Crippen LogP contribution in [0.5, 0.6) is 0 Å². The van der Waals surface area contributed by atoms with Crippen LogP contribution in [0, 0.1) is 5.41 Å². The molecule has 5 nitrogen and oxygen atoms in total. The standard InChI is InChI=1S/C18H24N2O3/c1-12(21)9-18(3,4)11-19-16(22)10-20-13(2)14-7-5-6-8-15(14)17(20)23/h5-8,12,21H,2,9-11H2,1,3-4H3,(H,19,22). The zero-order chi connectivity index (χ0) is 17.2. The Morgan fingerprint density at radius 1 is 1.35 bits per heavy atom. The summed E-state index contributed by atoms with van der Waals surface area (Å²) in [5.74, 6) is -0.421. The first-order valence-corrected chi connectivity index (χ1v) is 7.76. The molecule has 1 aliphatic heterocycles. The van der Waals surface area contributed by atoms with Crippen molar-refractivity contribution in [2.24, 2.45) is 5.41 Å². The predicted molar refractivity (Wildman–Crippen MR) is 89.6 cm³/mol. The van der Waals surface area contributed by atoms with Gasteiger partial charge in [-0.25, -0.2) is 0 Å². The summed E-state index contributed by atoms with van der Waals surface area (Å²) < 4.78 is 0. The predicted octanol–water partition coefficient (Wildman–Crippen LogP) is 2.03. The smallest absolute Gasteiger partial charge is 0.259 e. The third-order valence-electron chi connectivity index (χ3n) is 3.95. The molecular formula is C18H24N2O3. The average Bonchev–Trinajstić information content (AvgIpc) is 2.70. The lowest BCUT2D eigenvalue weighted by molar-refractivity contribution is -0.121. The number of hydrogen-bond donors (Lipinski definition) is 2. The molecule has 1 heterocycles. The molecule has 2 rings (SSSR count). The lowest BCUT2D eigenvalue weighted by Gasteiger charge is -2.27. The number of fused-ring (bicyclic) bond motifs is 1. The third kappa shape index (κ3) is 3.99. The molecule has 0 saturated carbocycles. The number of carbonyl (C=O) groups is 2. The average molecular weight is 316 g/mol. The lowest BCUT2D eigenvalue weighted by atomic mass is 9.87. The molecule has 2 N–H and O–H groups in total. The number of aliphatic hydroxyl groups excluding tert-OH is 1. The van der Waals surface area contributed by atoms with E-state index in [2.05, 4.69) is 11.9 Å². The number of amides is 2. The number of carbonyl (C=O) groups excluding carboxylic acids is 2. The first-order chi connectivity index (χ1) is 10.7.